The highest BCUT2D eigenvalue weighted by Gasteiger charge is 2.42. The smallest absolute Gasteiger partial charge is 0.228 e. The molecule has 3 fully saturated rings. The summed E-state index contributed by atoms with van der Waals surface area (Å²) < 4.78 is 6.10. The van der Waals surface area contributed by atoms with Crippen molar-refractivity contribution in [3.8, 4) is 5.75 Å². The van der Waals surface area contributed by atoms with Crippen LogP contribution >= 0.6 is 0 Å². The van der Waals surface area contributed by atoms with E-state index >= 15 is 0 Å². The van der Waals surface area contributed by atoms with Gasteiger partial charge in [0.2, 0.25) is 5.91 Å². The summed E-state index contributed by atoms with van der Waals surface area (Å²) >= 11 is 0. The van der Waals surface area contributed by atoms with Gasteiger partial charge in [0.1, 0.15) is 5.75 Å². The van der Waals surface area contributed by atoms with Crippen molar-refractivity contribution in [2.75, 3.05) is 26.2 Å². The highest BCUT2D eigenvalue weighted by molar-refractivity contribution is 5.85. The Morgan fingerprint density at radius 2 is 1.76 bits per heavy atom. The van der Waals surface area contributed by atoms with Crippen molar-refractivity contribution in [3.63, 3.8) is 0 Å². The second kappa shape index (κ2) is 10.6. The second-order valence-corrected chi connectivity index (χ2v) is 11.6. The van der Waals surface area contributed by atoms with Crippen molar-refractivity contribution >= 4 is 11.7 Å². The molecular formula is C31H39N3O3. The molecule has 1 amide bonds. The van der Waals surface area contributed by atoms with E-state index in [4.69, 9.17) is 9.72 Å². The number of aromatic nitrogens is 1. The average molecular weight is 502 g/mol. The number of likely N-dealkylation sites (tertiary alicyclic amines) is 2. The number of ether oxygens (including phenoxy) is 1. The Labute approximate surface area is 220 Å². The molecule has 37 heavy (non-hydrogen) atoms. The zero-order chi connectivity index (χ0) is 25.4. The van der Waals surface area contributed by atoms with E-state index in [1.165, 1.54) is 36.2 Å². The van der Waals surface area contributed by atoms with Crippen LogP contribution in [-0.2, 0) is 28.9 Å². The first-order valence-electron chi connectivity index (χ1n) is 14.3. The molecule has 2 aliphatic heterocycles. The van der Waals surface area contributed by atoms with Crippen LogP contribution in [0.15, 0.2) is 36.4 Å². The molecule has 4 aliphatic rings. The Bertz CT molecular complexity index is 1150. The summed E-state index contributed by atoms with van der Waals surface area (Å²) in [6.45, 7) is 4.59. The molecule has 2 aliphatic carbocycles. The minimum atomic E-state index is -0.339. The quantitative estimate of drug-likeness (QED) is 0.531. The lowest BCUT2D eigenvalue weighted by atomic mass is 9.88. The lowest BCUT2D eigenvalue weighted by molar-refractivity contribution is -0.146. The van der Waals surface area contributed by atoms with Crippen LogP contribution in [0.5, 0.6) is 5.75 Å². The highest BCUT2D eigenvalue weighted by Crippen LogP contribution is 2.38. The number of para-hydroxylation sites is 1. The number of piperidine rings is 1. The van der Waals surface area contributed by atoms with Gasteiger partial charge < -0.3 is 9.64 Å². The van der Waals surface area contributed by atoms with Gasteiger partial charge in [0.15, 0.2) is 5.78 Å². The summed E-state index contributed by atoms with van der Waals surface area (Å²) in [5.41, 5.74) is 4.91. The molecule has 1 unspecified atom stereocenters. The minimum absolute atomic E-state index is 0.0165. The molecule has 6 nitrogen and oxygen atoms in total. The number of carbonyl (C=O) groups is 2. The zero-order valence-electron chi connectivity index (χ0n) is 22.0. The van der Waals surface area contributed by atoms with Gasteiger partial charge in [-0.25, -0.2) is 0 Å². The van der Waals surface area contributed by atoms with Crippen molar-refractivity contribution in [1.82, 2.24) is 14.8 Å². The number of carbonyl (C=O) groups excluding carboxylic acids is 2. The molecule has 0 bridgehead atoms. The highest BCUT2D eigenvalue weighted by atomic mass is 16.5. The Morgan fingerprint density at radius 3 is 2.51 bits per heavy atom. The first-order valence-corrected chi connectivity index (χ1v) is 14.3. The first-order chi connectivity index (χ1) is 18.0. The molecule has 196 valence electrons. The van der Waals surface area contributed by atoms with E-state index in [1.54, 1.807) is 6.92 Å². The number of pyridine rings is 1. The van der Waals surface area contributed by atoms with Crippen molar-refractivity contribution in [2.45, 2.75) is 76.9 Å². The monoisotopic (exact) mass is 501 g/mol. The third-order valence-corrected chi connectivity index (χ3v) is 8.70. The fourth-order valence-electron chi connectivity index (χ4n) is 6.38. The summed E-state index contributed by atoms with van der Waals surface area (Å²) in [4.78, 5) is 35.1. The number of nitrogens with zero attached hydrogens (tertiary/aromatic N) is 3. The molecule has 2 saturated heterocycles. The van der Waals surface area contributed by atoms with Crippen LogP contribution < -0.4 is 4.74 Å². The number of hydrogen-bond donors (Lipinski definition) is 0. The fourth-order valence-corrected chi connectivity index (χ4v) is 6.38. The third-order valence-electron chi connectivity index (χ3n) is 8.70. The molecule has 0 N–H and O–H groups in total. The molecule has 0 radical (unpaired) electrons. The Balaban J connectivity index is 1.01. The molecule has 0 spiro atoms. The van der Waals surface area contributed by atoms with Gasteiger partial charge >= 0.3 is 0 Å². The number of aryl methyl sites for hydroxylation is 2. The minimum Gasteiger partial charge on any atom is -0.490 e. The number of benzene rings is 1. The number of ketones is 1. The van der Waals surface area contributed by atoms with E-state index in [-0.39, 0.29) is 29.8 Å². The maximum Gasteiger partial charge on any atom is 0.228 e. The Morgan fingerprint density at radius 1 is 1.00 bits per heavy atom. The van der Waals surface area contributed by atoms with Crippen LogP contribution in [-0.4, -0.2) is 58.8 Å². The van der Waals surface area contributed by atoms with Gasteiger partial charge in [-0.1, -0.05) is 24.3 Å². The first kappa shape index (κ1) is 24.6. The number of hydrogen-bond acceptors (Lipinski definition) is 5. The molecule has 1 aromatic carbocycles. The molecule has 1 aromatic heterocycles. The predicted molar refractivity (Wildman–Crippen MR) is 142 cm³/mol. The van der Waals surface area contributed by atoms with Crippen LogP contribution in [0.25, 0.3) is 0 Å². The number of rotatable bonds is 8. The lowest BCUT2D eigenvalue weighted by Crippen LogP contribution is -2.57. The van der Waals surface area contributed by atoms with E-state index < -0.39 is 0 Å². The van der Waals surface area contributed by atoms with Crippen molar-refractivity contribution < 1.29 is 14.3 Å². The second-order valence-electron chi connectivity index (χ2n) is 11.6. The van der Waals surface area contributed by atoms with Gasteiger partial charge in [0.05, 0.1) is 18.1 Å². The van der Waals surface area contributed by atoms with E-state index in [0.717, 1.165) is 62.9 Å². The van der Waals surface area contributed by atoms with E-state index in [1.807, 2.05) is 24.3 Å². The summed E-state index contributed by atoms with van der Waals surface area (Å²) in [7, 11) is 0. The SMILES string of the molecule is CC(=O)C(c1ccccc1OC1CC1)N1CC(C(=O)N2CCC(Cc3ccc4c(n3)CCCC4)CC2)C1. The van der Waals surface area contributed by atoms with Gasteiger partial charge in [-0.3, -0.25) is 19.5 Å². The number of fused-ring (bicyclic) bond motifs is 1. The predicted octanol–water partition coefficient (Wildman–Crippen LogP) is 4.54. The van der Waals surface area contributed by atoms with Gasteiger partial charge in [-0.05, 0) is 88.3 Å². The third kappa shape index (κ3) is 5.45. The number of amides is 1. The van der Waals surface area contributed by atoms with Crippen LogP contribution in [0.3, 0.4) is 0 Å². The van der Waals surface area contributed by atoms with Crippen molar-refractivity contribution in [3.05, 3.63) is 58.9 Å². The molecule has 6 heteroatoms. The molecule has 2 aromatic rings. The van der Waals surface area contributed by atoms with Crippen LogP contribution in [0.1, 0.15) is 74.0 Å². The maximum atomic E-state index is 13.3. The fraction of sp³-hybridized carbons (Fsp3) is 0.581. The Hall–Kier alpha value is -2.73. The van der Waals surface area contributed by atoms with Crippen molar-refractivity contribution in [2.24, 2.45) is 11.8 Å². The van der Waals surface area contributed by atoms with Crippen LogP contribution in [0, 0.1) is 11.8 Å². The zero-order valence-corrected chi connectivity index (χ0v) is 22.0. The standard InChI is InChI=1S/C31H39N3O3/c1-21(35)30(27-7-3-5-9-29(27)37-26-12-13-26)34-19-24(20-34)31(36)33-16-14-22(15-17-33)18-25-11-10-23-6-2-4-8-28(23)32-25/h3,5,7,9-11,22,24,26,30H,2,4,6,8,12-20H2,1H3. The van der Waals surface area contributed by atoms with E-state index in [2.05, 4.69) is 21.9 Å². The van der Waals surface area contributed by atoms with Gasteiger partial charge in [-0.15, -0.1) is 0 Å². The summed E-state index contributed by atoms with van der Waals surface area (Å²) in [6.07, 6.45) is 10.4. The number of Topliss-reactive ketones (excluding diaryl/α,β-unsaturated/α-hetero) is 1. The molecular weight excluding hydrogens is 462 g/mol. The van der Waals surface area contributed by atoms with Crippen LogP contribution in [0.4, 0.5) is 0 Å². The normalized spacial score (nSPS) is 21.7. The maximum absolute atomic E-state index is 13.3. The Kier molecular flexibility index (Phi) is 7.02. The van der Waals surface area contributed by atoms with Crippen LogP contribution in [0.2, 0.25) is 0 Å². The van der Waals surface area contributed by atoms with Gasteiger partial charge in [0, 0.05) is 43.1 Å². The lowest BCUT2D eigenvalue weighted by Gasteiger charge is -2.45. The average Bonchev–Trinajstić information content (AvgIpc) is 3.70. The summed E-state index contributed by atoms with van der Waals surface area (Å²) in [5, 5.41) is 0. The topological polar surface area (TPSA) is 62.7 Å². The molecule has 6 rings (SSSR count). The van der Waals surface area contributed by atoms with Gasteiger partial charge in [0.25, 0.3) is 0 Å². The summed E-state index contributed by atoms with van der Waals surface area (Å²) in [6, 6.07) is 12.1. The molecule has 1 saturated carbocycles. The van der Waals surface area contributed by atoms with Crippen molar-refractivity contribution in [1.29, 1.82) is 0 Å². The van der Waals surface area contributed by atoms with Gasteiger partial charge in [-0.2, -0.15) is 0 Å². The van der Waals surface area contributed by atoms with E-state index in [0.29, 0.717) is 19.0 Å². The molecule has 1 atom stereocenters. The largest absolute Gasteiger partial charge is 0.490 e. The van der Waals surface area contributed by atoms with E-state index in [9.17, 15) is 9.59 Å². The summed E-state index contributed by atoms with van der Waals surface area (Å²) in [5.74, 6) is 1.76. The molecule has 3 heterocycles.